The van der Waals surface area contributed by atoms with Gasteiger partial charge in [-0.2, -0.15) is 5.26 Å². The number of benzene rings is 2. The van der Waals surface area contributed by atoms with Crippen LogP contribution in [0.2, 0.25) is 0 Å². The van der Waals surface area contributed by atoms with Crippen LogP contribution < -0.4 is 20.3 Å². The fraction of sp³-hybridized carbons (Fsp3) is 0.333. The number of ether oxygens (including phenoxy) is 2. The zero-order valence-corrected chi connectivity index (χ0v) is 21.2. The molecule has 1 amide bonds. The molecule has 2 heterocycles. The Labute approximate surface area is 212 Å². The maximum Gasteiger partial charge on any atom is 0.238 e. The van der Waals surface area contributed by atoms with Gasteiger partial charge >= 0.3 is 0 Å². The molecule has 2 N–H and O–H groups in total. The van der Waals surface area contributed by atoms with Crippen LogP contribution in [0.25, 0.3) is 11.3 Å². The molecule has 0 radical (unpaired) electrons. The van der Waals surface area contributed by atoms with E-state index >= 15 is 0 Å². The molecule has 0 aliphatic carbocycles. The number of anilines is 4. The summed E-state index contributed by atoms with van der Waals surface area (Å²) < 4.78 is 10.9. The van der Waals surface area contributed by atoms with Gasteiger partial charge in [-0.3, -0.25) is 4.79 Å². The van der Waals surface area contributed by atoms with Crippen molar-refractivity contribution in [1.82, 2.24) is 9.97 Å². The molecule has 188 valence electrons. The second kappa shape index (κ2) is 13.1. The SMILES string of the molecule is CC.COc1cc(-c2nc(Nc3ccc(N4CCOCC4)cc3)ncc2C)ccc1NC(=O)CC#N. The van der Waals surface area contributed by atoms with Crippen LogP contribution in [0.15, 0.2) is 48.7 Å². The average molecular weight is 489 g/mol. The van der Waals surface area contributed by atoms with Gasteiger partial charge in [-0.15, -0.1) is 0 Å². The highest BCUT2D eigenvalue weighted by Gasteiger charge is 2.14. The van der Waals surface area contributed by atoms with Crippen LogP contribution in [0.3, 0.4) is 0 Å². The summed E-state index contributed by atoms with van der Waals surface area (Å²) in [7, 11) is 1.53. The minimum absolute atomic E-state index is 0.224. The number of methoxy groups -OCH3 is 1. The standard InChI is InChI=1S/C25H26N6O3.C2H6/c1-17-16-27-25(28-19-4-6-20(7-5-19)31-11-13-34-14-12-31)30-24(17)18-3-8-21(22(15-18)33-2)29-23(32)9-10-26;1-2/h3-8,15-16H,9,11-14H2,1-2H3,(H,29,32)(H,27,28,30);1-2H3. The maximum atomic E-state index is 11.8. The Morgan fingerprint density at radius 3 is 2.56 bits per heavy atom. The van der Waals surface area contributed by atoms with Crippen molar-refractivity contribution in [2.75, 3.05) is 48.9 Å². The van der Waals surface area contributed by atoms with E-state index in [1.54, 1.807) is 18.3 Å². The van der Waals surface area contributed by atoms with E-state index in [0.717, 1.165) is 54.5 Å². The second-order valence-corrected chi connectivity index (χ2v) is 7.79. The number of hydrogen-bond acceptors (Lipinski definition) is 8. The third-order valence-corrected chi connectivity index (χ3v) is 5.46. The highest BCUT2D eigenvalue weighted by atomic mass is 16.5. The van der Waals surface area contributed by atoms with Gasteiger partial charge in [0, 0.05) is 36.2 Å². The first-order chi connectivity index (χ1) is 17.6. The summed E-state index contributed by atoms with van der Waals surface area (Å²) in [6.45, 7) is 9.21. The highest BCUT2D eigenvalue weighted by molar-refractivity contribution is 5.94. The number of carbonyl (C=O) groups excluding carboxylic acids is 1. The summed E-state index contributed by atoms with van der Waals surface area (Å²) in [5, 5.41) is 14.7. The molecule has 9 nitrogen and oxygen atoms in total. The van der Waals surface area contributed by atoms with Gasteiger partial charge in [0.2, 0.25) is 11.9 Å². The monoisotopic (exact) mass is 488 g/mol. The van der Waals surface area contributed by atoms with E-state index in [0.29, 0.717) is 17.4 Å². The van der Waals surface area contributed by atoms with Gasteiger partial charge in [0.15, 0.2) is 0 Å². The molecular formula is C27H32N6O3. The summed E-state index contributed by atoms with van der Waals surface area (Å²) in [5.41, 5.74) is 5.01. The third kappa shape index (κ3) is 6.71. The zero-order chi connectivity index (χ0) is 25.9. The van der Waals surface area contributed by atoms with E-state index in [4.69, 9.17) is 19.7 Å². The minimum atomic E-state index is -0.391. The van der Waals surface area contributed by atoms with E-state index in [-0.39, 0.29) is 6.42 Å². The molecule has 2 aromatic carbocycles. The van der Waals surface area contributed by atoms with Gasteiger partial charge in [-0.25, -0.2) is 9.97 Å². The highest BCUT2D eigenvalue weighted by Crippen LogP contribution is 2.32. The van der Waals surface area contributed by atoms with Crippen LogP contribution in [-0.2, 0) is 9.53 Å². The van der Waals surface area contributed by atoms with E-state index < -0.39 is 5.91 Å². The minimum Gasteiger partial charge on any atom is -0.495 e. The second-order valence-electron chi connectivity index (χ2n) is 7.79. The van der Waals surface area contributed by atoms with Gasteiger partial charge in [0.1, 0.15) is 12.2 Å². The Hall–Kier alpha value is -4.16. The van der Waals surface area contributed by atoms with Crippen molar-refractivity contribution in [1.29, 1.82) is 5.26 Å². The fourth-order valence-electron chi connectivity index (χ4n) is 3.71. The number of morpholine rings is 1. The molecule has 0 spiro atoms. The summed E-state index contributed by atoms with van der Waals surface area (Å²) in [5.74, 6) is 0.568. The fourth-order valence-corrected chi connectivity index (χ4v) is 3.71. The van der Waals surface area contributed by atoms with Gasteiger partial charge in [-0.1, -0.05) is 19.9 Å². The largest absolute Gasteiger partial charge is 0.495 e. The Kier molecular flexibility index (Phi) is 9.60. The molecule has 0 bridgehead atoms. The first kappa shape index (κ1) is 26.4. The van der Waals surface area contributed by atoms with Crippen LogP contribution in [0, 0.1) is 18.3 Å². The molecule has 0 unspecified atom stereocenters. The van der Waals surface area contributed by atoms with Crippen molar-refractivity contribution in [3.8, 4) is 23.1 Å². The number of aryl methyl sites for hydroxylation is 1. The smallest absolute Gasteiger partial charge is 0.238 e. The molecule has 1 aliphatic heterocycles. The average Bonchev–Trinajstić information content (AvgIpc) is 2.92. The number of hydrogen-bond donors (Lipinski definition) is 2. The number of rotatable bonds is 7. The number of nitriles is 1. The maximum absolute atomic E-state index is 11.8. The van der Waals surface area contributed by atoms with E-state index in [2.05, 4.69) is 32.7 Å². The van der Waals surface area contributed by atoms with E-state index in [1.807, 2.05) is 45.0 Å². The summed E-state index contributed by atoms with van der Waals surface area (Å²) in [6, 6.07) is 15.4. The Morgan fingerprint density at radius 1 is 1.17 bits per heavy atom. The Morgan fingerprint density at radius 2 is 1.89 bits per heavy atom. The number of aromatic nitrogens is 2. The van der Waals surface area contributed by atoms with Gasteiger partial charge in [0.25, 0.3) is 0 Å². The van der Waals surface area contributed by atoms with Crippen LogP contribution in [-0.4, -0.2) is 49.3 Å². The molecule has 9 heteroatoms. The number of amides is 1. The van der Waals surface area contributed by atoms with Crippen LogP contribution in [0.5, 0.6) is 5.75 Å². The quantitative estimate of drug-likeness (QED) is 0.482. The van der Waals surface area contributed by atoms with Crippen molar-refractivity contribution in [3.63, 3.8) is 0 Å². The molecule has 1 saturated heterocycles. The Balaban J connectivity index is 0.00000176. The van der Waals surface area contributed by atoms with Crippen molar-refractivity contribution >= 4 is 28.9 Å². The number of nitrogens with one attached hydrogen (secondary N) is 2. The van der Waals surface area contributed by atoms with Crippen molar-refractivity contribution < 1.29 is 14.3 Å². The summed E-state index contributed by atoms with van der Waals surface area (Å²) in [4.78, 5) is 23.2. The summed E-state index contributed by atoms with van der Waals surface area (Å²) >= 11 is 0. The van der Waals surface area contributed by atoms with Crippen molar-refractivity contribution in [2.45, 2.75) is 27.2 Å². The molecule has 1 aromatic heterocycles. The van der Waals surface area contributed by atoms with Gasteiger partial charge in [0.05, 0.1) is 37.8 Å². The predicted octanol–water partition coefficient (Wildman–Crippen LogP) is 4.92. The molecule has 0 saturated carbocycles. The first-order valence-electron chi connectivity index (χ1n) is 12.0. The lowest BCUT2D eigenvalue weighted by atomic mass is 10.1. The van der Waals surface area contributed by atoms with Crippen molar-refractivity contribution in [2.24, 2.45) is 0 Å². The van der Waals surface area contributed by atoms with Gasteiger partial charge in [-0.05, 0) is 48.9 Å². The lowest BCUT2D eigenvalue weighted by Gasteiger charge is -2.28. The molecule has 1 aliphatic rings. The number of nitrogens with zero attached hydrogens (tertiary/aromatic N) is 4. The van der Waals surface area contributed by atoms with E-state index in [9.17, 15) is 4.79 Å². The van der Waals surface area contributed by atoms with Crippen LogP contribution in [0.4, 0.5) is 23.0 Å². The lowest BCUT2D eigenvalue weighted by molar-refractivity contribution is -0.115. The Bertz CT molecular complexity index is 1200. The van der Waals surface area contributed by atoms with Crippen LogP contribution >= 0.6 is 0 Å². The van der Waals surface area contributed by atoms with Crippen molar-refractivity contribution in [3.05, 3.63) is 54.2 Å². The normalized spacial score (nSPS) is 12.6. The van der Waals surface area contributed by atoms with E-state index in [1.165, 1.54) is 7.11 Å². The van der Waals surface area contributed by atoms with Gasteiger partial charge < -0.3 is 25.0 Å². The molecule has 1 fully saturated rings. The molecule has 3 aromatic rings. The molecule has 4 rings (SSSR count). The molecule has 36 heavy (non-hydrogen) atoms. The molecule has 0 atom stereocenters. The molecular weight excluding hydrogens is 456 g/mol. The number of carbonyl (C=O) groups is 1. The lowest BCUT2D eigenvalue weighted by Crippen LogP contribution is -2.36. The third-order valence-electron chi connectivity index (χ3n) is 5.46. The topological polar surface area (TPSA) is 112 Å². The van der Waals surface area contributed by atoms with Crippen LogP contribution in [0.1, 0.15) is 25.8 Å². The predicted molar refractivity (Wildman–Crippen MR) is 142 cm³/mol. The first-order valence-corrected chi connectivity index (χ1v) is 12.0. The zero-order valence-electron chi connectivity index (χ0n) is 21.2. The summed E-state index contributed by atoms with van der Waals surface area (Å²) in [6.07, 6.45) is 1.54.